The van der Waals surface area contributed by atoms with Crippen molar-refractivity contribution in [2.24, 2.45) is 5.73 Å². The minimum Gasteiger partial charge on any atom is -0.366 e. The molecule has 0 radical (unpaired) electrons. The van der Waals surface area contributed by atoms with Gasteiger partial charge in [-0.1, -0.05) is 11.6 Å². The van der Waals surface area contributed by atoms with Gasteiger partial charge >= 0.3 is 0 Å². The van der Waals surface area contributed by atoms with Gasteiger partial charge < -0.3 is 10.7 Å². The number of carbonyl (C=O) groups excluding carboxylic acids is 1. The molecule has 0 unspecified atom stereocenters. The molecule has 3 nitrogen and oxygen atoms in total. The van der Waals surface area contributed by atoms with Crippen molar-refractivity contribution in [2.75, 3.05) is 0 Å². The van der Waals surface area contributed by atoms with Gasteiger partial charge in [0, 0.05) is 16.6 Å². The Morgan fingerprint density at radius 2 is 1.93 bits per heavy atom. The van der Waals surface area contributed by atoms with Crippen LogP contribution in [-0.2, 0) is 0 Å². The molecule has 1 amide bonds. The van der Waals surface area contributed by atoms with E-state index in [9.17, 15) is 4.79 Å². The van der Waals surface area contributed by atoms with E-state index in [0.29, 0.717) is 5.56 Å². The predicted octanol–water partition coefficient (Wildman–Crippen LogP) is 2.19. The van der Waals surface area contributed by atoms with Crippen molar-refractivity contribution in [1.29, 1.82) is 0 Å². The van der Waals surface area contributed by atoms with Crippen molar-refractivity contribution in [3.8, 4) is 0 Å². The maximum absolute atomic E-state index is 11.3. The molecule has 15 heavy (non-hydrogen) atoms. The number of rotatable bonds is 1. The van der Waals surface area contributed by atoms with Crippen LogP contribution in [0.2, 0.25) is 0 Å². The number of fused-ring (bicyclic) bond motifs is 1. The molecule has 2 rings (SSSR count). The van der Waals surface area contributed by atoms with Crippen molar-refractivity contribution in [3.05, 3.63) is 34.5 Å². The topological polar surface area (TPSA) is 58.9 Å². The molecule has 0 aliphatic heterocycles. The van der Waals surface area contributed by atoms with Gasteiger partial charge in [0.2, 0.25) is 0 Å². The predicted molar refractivity (Wildman–Crippen MR) is 61.0 cm³/mol. The summed E-state index contributed by atoms with van der Waals surface area (Å²) >= 11 is 0. The minimum absolute atomic E-state index is 0.372. The first-order chi connectivity index (χ1) is 7.00. The van der Waals surface area contributed by atoms with Crippen LogP contribution in [0.4, 0.5) is 0 Å². The largest absolute Gasteiger partial charge is 0.366 e. The second-order valence-electron chi connectivity index (χ2n) is 3.99. The molecule has 0 aliphatic carbocycles. The SMILES string of the molecule is Cc1cc(C)c2[nH]c(C)c(C(N)=O)c2c1. The highest BCUT2D eigenvalue weighted by Gasteiger charge is 2.14. The third-order valence-electron chi connectivity index (χ3n) is 2.68. The van der Waals surface area contributed by atoms with E-state index in [-0.39, 0.29) is 5.91 Å². The Kier molecular flexibility index (Phi) is 2.03. The average molecular weight is 202 g/mol. The summed E-state index contributed by atoms with van der Waals surface area (Å²) in [7, 11) is 0. The lowest BCUT2D eigenvalue weighted by atomic mass is 10.0. The number of hydrogen-bond donors (Lipinski definition) is 2. The van der Waals surface area contributed by atoms with Crippen molar-refractivity contribution in [2.45, 2.75) is 20.8 Å². The summed E-state index contributed by atoms with van der Waals surface area (Å²) in [5.41, 5.74) is 10.1. The lowest BCUT2D eigenvalue weighted by molar-refractivity contribution is 0.100. The fourth-order valence-electron chi connectivity index (χ4n) is 2.10. The van der Waals surface area contributed by atoms with Gasteiger partial charge in [0.15, 0.2) is 0 Å². The van der Waals surface area contributed by atoms with Crippen molar-refractivity contribution in [1.82, 2.24) is 4.98 Å². The van der Waals surface area contributed by atoms with E-state index in [4.69, 9.17) is 5.73 Å². The Morgan fingerprint density at radius 1 is 1.27 bits per heavy atom. The van der Waals surface area contributed by atoms with Crippen LogP contribution in [0.1, 0.15) is 27.2 Å². The summed E-state index contributed by atoms with van der Waals surface area (Å²) in [6.45, 7) is 5.91. The van der Waals surface area contributed by atoms with E-state index >= 15 is 0 Å². The molecule has 0 spiro atoms. The zero-order chi connectivity index (χ0) is 11.2. The molecule has 0 saturated heterocycles. The molecular formula is C12H14N2O. The molecule has 0 fully saturated rings. The van der Waals surface area contributed by atoms with Crippen molar-refractivity contribution in [3.63, 3.8) is 0 Å². The number of hydrogen-bond acceptors (Lipinski definition) is 1. The van der Waals surface area contributed by atoms with Gasteiger partial charge in [0.25, 0.3) is 5.91 Å². The Bertz CT molecular complexity index is 552. The summed E-state index contributed by atoms with van der Waals surface area (Å²) in [4.78, 5) is 14.5. The standard InChI is InChI=1S/C12H14N2O/c1-6-4-7(2)11-9(5-6)10(12(13)15)8(3)14-11/h4-5,14H,1-3H3,(H2,13,15). The number of nitrogens with two attached hydrogens (primary N) is 1. The second-order valence-corrected chi connectivity index (χ2v) is 3.99. The number of aryl methyl sites for hydroxylation is 3. The number of benzene rings is 1. The van der Waals surface area contributed by atoms with E-state index < -0.39 is 0 Å². The van der Waals surface area contributed by atoms with Gasteiger partial charge in [0.1, 0.15) is 0 Å². The van der Waals surface area contributed by atoms with Crippen LogP contribution in [0.3, 0.4) is 0 Å². The normalized spacial score (nSPS) is 10.9. The van der Waals surface area contributed by atoms with Crippen LogP contribution < -0.4 is 5.73 Å². The number of aromatic amines is 1. The van der Waals surface area contributed by atoms with Crippen LogP contribution in [0.25, 0.3) is 10.9 Å². The number of carbonyl (C=O) groups is 1. The lowest BCUT2D eigenvalue weighted by Crippen LogP contribution is -2.11. The summed E-state index contributed by atoms with van der Waals surface area (Å²) in [5.74, 6) is -0.372. The van der Waals surface area contributed by atoms with Gasteiger partial charge in [-0.2, -0.15) is 0 Å². The minimum atomic E-state index is -0.372. The molecule has 0 saturated carbocycles. The van der Waals surface area contributed by atoms with E-state index in [1.54, 1.807) is 0 Å². The maximum atomic E-state index is 11.3. The monoisotopic (exact) mass is 202 g/mol. The van der Waals surface area contributed by atoms with E-state index in [1.807, 2.05) is 26.8 Å². The molecule has 1 aromatic carbocycles. The fraction of sp³-hybridized carbons (Fsp3) is 0.250. The second kappa shape index (κ2) is 3.12. The lowest BCUT2D eigenvalue weighted by Gasteiger charge is -1.99. The Labute approximate surface area is 88.3 Å². The Morgan fingerprint density at radius 3 is 2.53 bits per heavy atom. The molecular weight excluding hydrogens is 188 g/mol. The zero-order valence-corrected chi connectivity index (χ0v) is 9.14. The first-order valence-corrected chi connectivity index (χ1v) is 4.90. The highest BCUT2D eigenvalue weighted by atomic mass is 16.1. The number of aromatic nitrogens is 1. The van der Waals surface area contributed by atoms with Crippen LogP contribution in [0.5, 0.6) is 0 Å². The molecule has 3 heteroatoms. The van der Waals surface area contributed by atoms with Crippen LogP contribution in [0.15, 0.2) is 12.1 Å². The Hall–Kier alpha value is -1.77. The average Bonchev–Trinajstić information content (AvgIpc) is 2.41. The van der Waals surface area contributed by atoms with Gasteiger partial charge in [-0.25, -0.2) is 0 Å². The van der Waals surface area contributed by atoms with E-state index in [2.05, 4.69) is 11.1 Å². The highest BCUT2D eigenvalue weighted by molar-refractivity contribution is 6.08. The molecule has 0 aliphatic rings. The maximum Gasteiger partial charge on any atom is 0.251 e. The van der Waals surface area contributed by atoms with E-state index in [1.165, 1.54) is 0 Å². The quantitative estimate of drug-likeness (QED) is 0.731. The summed E-state index contributed by atoms with van der Waals surface area (Å²) in [5, 5.41) is 0.928. The zero-order valence-electron chi connectivity index (χ0n) is 9.14. The fourth-order valence-corrected chi connectivity index (χ4v) is 2.10. The first-order valence-electron chi connectivity index (χ1n) is 4.90. The molecule has 0 bridgehead atoms. The number of nitrogens with one attached hydrogen (secondary N) is 1. The molecule has 1 aromatic heterocycles. The molecule has 2 aromatic rings. The molecule has 78 valence electrons. The van der Waals surface area contributed by atoms with E-state index in [0.717, 1.165) is 27.7 Å². The summed E-state index contributed by atoms with van der Waals surface area (Å²) in [6.07, 6.45) is 0. The summed E-state index contributed by atoms with van der Waals surface area (Å²) in [6, 6.07) is 4.08. The summed E-state index contributed by atoms with van der Waals surface area (Å²) < 4.78 is 0. The molecule has 3 N–H and O–H groups in total. The van der Waals surface area contributed by atoms with Gasteiger partial charge in [-0.3, -0.25) is 4.79 Å². The number of primary amides is 1. The first kappa shape index (κ1) is 9.77. The Balaban J connectivity index is 2.93. The number of H-pyrrole nitrogens is 1. The smallest absolute Gasteiger partial charge is 0.251 e. The van der Waals surface area contributed by atoms with Crippen molar-refractivity contribution < 1.29 is 4.79 Å². The third kappa shape index (κ3) is 1.40. The van der Waals surface area contributed by atoms with Crippen LogP contribution >= 0.6 is 0 Å². The molecule has 1 heterocycles. The van der Waals surface area contributed by atoms with Crippen LogP contribution in [-0.4, -0.2) is 10.9 Å². The van der Waals surface area contributed by atoms with Gasteiger partial charge in [-0.05, 0) is 32.4 Å². The van der Waals surface area contributed by atoms with Crippen molar-refractivity contribution >= 4 is 16.8 Å². The number of amides is 1. The van der Waals surface area contributed by atoms with Gasteiger partial charge in [0.05, 0.1) is 5.56 Å². The molecule has 0 atom stereocenters. The van der Waals surface area contributed by atoms with Gasteiger partial charge in [-0.15, -0.1) is 0 Å². The third-order valence-corrected chi connectivity index (χ3v) is 2.68. The highest BCUT2D eigenvalue weighted by Crippen LogP contribution is 2.25. The van der Waals surface area contributed by atoms with Crippen LogP contribution in [0, 0.1) is 20.8 Å².